The molecule has 0 spiro atoms. The Morgan fingerprint density at radius 2 is 1.74 bits per heavy atom. The molecule has 7 heteroatoms. The molecule has 0 unspecified atom stereocenters. The summed E-state index contributed by atoms with van der Waals surface area (Å²) < 4.78 is 10.9. The zero-order chi connectivity index (χ0) is 23.3. The number of rotatable bonds is 6. The van der Waals surface area contributed by atoms with Gasteiger partial charge in [-0.25, -0.2) is 9.97 Å². The molecule has 2 aromatic carbocycles. The largest absolute Gasteiger partial charge is 0.497 e. The quantitative estimate of drug-likeness (QED) is 0.566. The minimum absolute atomic E-state index is 0.145. The van der Waals surface area contributed by atoms with Gasteiger partial charge in [0.1, 0.15) is 17.4 Å². The smallest absolute Gasteiger partial charge is 0.227 e. The van der Waals surface area contributed by atoms with E-state index in [2.05, 4.69) is 17.0 Å². The highest BCUT2D eigenvalue weighted by molar-refractivity contribution is 5.79. The summed E-state index contributed by atoms with van der Waals surface area (Å²) in [7, 11) is 1.67. The zero-order valence-corrected chi connectivity index (χ0v) is 19.6. The van der Waals surface area contributed by atoms with Crippen LogP contribution in [0.5, 0.6) is 5.75 Å². The standard InChI is InChI=1S/C27H30N4O3/c1-33-22-9-7-21(8-10-22)17-25-28-24-11-12-31(26(32)18-20-5-3-2-4-6-20)19-23(24)27(29-25)30-13-15-34-16-14-30/h2-10H,11-19H2,1H3. The molecule has 3 heterocycles. The molecule has 0 aliphatic carbocycles. The van der Waals surface area contributed by atoms with Crippen molar-refractivity contribution in [3.8, 4) is 5.75 Å². The van der Waals surface area contributed by atoms with Gasteiger partial charge in [0.05, 0.1) is 39.0 Å². The molecule has 0 N–H and O–H groups in total. The van der Waals surface area contributed by atoms with E-state index in [0.29, 0.717) is 39.1 Å². The summed E-state index contributed by atoms with van der Waals surface area (Å²) >= 11 is 0. The molecular formula is C27H30N4O3. The average Bonchev–Trinajstić information content (AvgIpc) is 2.89. The lowest BCUT2D eigenvalue weighted by atomic mass is 10.0. The molecule has 1 aromatic heterocycles. The van der Waals surface area contributed by atoms with Gasteiger partial charge in [-0.1, -0.05) is 42.5 Å². The van der Waals surface area contributed by atoms with Crippen LogP contribution in [0.25, 0.3) is 0 Å². The number of anilines is 1. The highest BCUT2D eigenvalue weighted by atomic mass is 16.5. The van der Waals surface area contributed by atoms with Crippen LogP contribution in [-0.2, 0) is 35.3 Å². The van der Waals surface area contributed by atoms with Gasteiger partial charge in [0.2, 0.25) is 5.91 Å². The van der Waals surface area contributed by atoms with E-state index in [1.54, 1.807) is 7.11 Å². The van der Waals surface area contributed by atoms with E-state index in [4.69, 9.17) is 19.4 Å². The number of fused-ring (bicyclic) bond motifs is 1. The van der Waals surface area contributed by atoms with E-state index in [-0.39, 0.29) is 5.91 Å². The third-order valence-electron chi connectivity index (χ3n) is 6.47. The van der Waals surface area contributed by atoms with Crippen LogP contribution >= 0.6 is 0 Å². The van der Waals surface area contributed by atoms with Crippen molar-refractivity contribution in [1.29, 1.82) is 0 Å². The molecule has 0 atom stereocenters. The van der Waals surface area contributed by atoms with Gasteiger partial charge in [-0.05, 0) is 23.3 Å². The minimum atomic E-state index is 0.145. The Labute approximate surface area is 200 Å². The maximum absolute atomic E-state index is 13.1. The zero-order valence-electron chi connectivity index (χ0n) is 19.6. The first-order valence-electron chi connectivity index (χ1n) is 11.9. The summed E-state index contributed by atoms with van der Waals surface area (Å²) in [6.45, 7) is 4.19. The Hall–Kier alpha value is -3.45. The predicted molar refractivity (Wildman–Crippen MR) is 130 cm³/mol. The van der Waals surface area contributed by atoms with Gasteiger partial charge in [-0.15, -0.1) is 0 Å². The van der Waals surface area contributed by atoms with Crippen molar-refractivity contribution in [1.82, 2.24) is 14.9 Å². The van der Waals surface area contributed by atoms with Gasteiger partial charge >= 0.3 is 0 Å². The van der Waals surface area contributed by atoms with Crippen LogP contribution in [0.4, 0.5) is 5.82 Å². The SMILES string of the molecule is COc1ccc(Cc2nc3c(c(N4CCOCC4)n2)CN(C(=O)Cc2ccccc2)CC3)cc1. The molecule has 0 bridgehead atoms. The normalized spacial score (nSPS) is 15.7. The van der Waals surface area contributed by atoms with Crippen LogP contribution < -0.4 is 9.64 Å². The summed E-state index contributed by atoms with van der Waals surface area (Å²) in [5, 5.41) is 0. The molecular weight excluding hydrogens is 428 g/mol. The minimum Gasteiger partial charge on any atom is -0.497 e. The number of methoxy groups -OCH3 is 1. The second-order valence-corrected chi connectivity index (χ2v) is 8.74. The number of hydrogen-bond acceptors (Lipinski definition) is 6. The average molecular weight is 459 g/mol. The molecule has 2 aliphatic rings. The van der Waals surface area contributed by atoms with Gasteiger partial charge in [-0.2, -0.15) is 0 Å². The fourth-order valence-electron chi connectivity index (χ4n) is 4.58. The maximum Gasteiger partial charge on any atom is 0.227 e. The molecule has 0 saturated carbocycles. The van der Waals surface area contributed by atoms with Crippen molar-refractivity contribution in [2.75, 3.05) is 44.9 Å². The van der Waals surface area contributed by atoms with Gasteiger partial charge in [-0.3, -0.25) is 4.79 Å². The predicted octanol–water partition coefficient (Wildman–Crippen LogP) is 3.04. The number of hydrogen-bond donors (Lipinski definition) is 0. The first-order valence-corrected chi connectivity index (χ1v) is 11.9. The maximum atomic E-state index is 13.1. The summed E-state index contributed by atoms with van der Waals surface area (Å²) in [5.41, 5.74) is 4.32. The molecule has 34 heavy (non-hydrogen) atoms. The monoisotopic (exact) mass is 458 g/mol. The van der Waals surface area contributed by atoms with Crippen molar-refractivity contribution in [2.45, 2.75) is 25.8 Å². The lowest BCUT2D eigenvalue weighted by molar-refractivity contribution is -0.131. The van der Waals surface area contributed by atoms with E-state index in [0.717, 1.165) is 59.3 Å². The number of benzene rings is 2. The number of carbonyl (C=O) groups excluding carboxylic acids is 1. The number of aromatic nitrogens is 2. The summed E-state index contributed by atoms with van der Waals surface area (Å²) in [5.74, 6) is 2.75. The third kappa shape index (κ3) is 5.04. The number of nitrogens with zero attached hydrogens (tertiary/aromatic N) is 4. The van der Waals surface area contributed by atoms with Gasteiger partial charge in [0.25, 0.3) is 0 Å². The Kier molecular flexibility index (Phi) is 6.72. The first kappa shape index (κ1) is 22.3. The second kappa shape index (κ2) is 10.2. The van der Waals surface area contributed by atoms with Crippen LogP contribution in [-0.4, -0.2) is 60.7 Å². The van der Waals surface area contributed by atoms with E-state index in [9.17, 15) is 4.79 Å². The fraction of sp³-hybridized carbons (Fsp3) is 0.370. The van der Waals surface area contributed by atoms with Crippen molar-refractivity contribution in [2.24, 2.45) is 0 Å². The molecule has 1 fully saturated rings. The highest BCUT2D eigenvalue weighted by Gasteiger charge is 2.28. The van der Waals surface area contributed by atoms with E-state index >= 15 is 0 Å². The number of ether oxygens (including phenoxy) is 2. The van der Waals surface area contributed by atoms with Crippen molar-refractivity contribution in [3.05, 3.63) is 82.8 Å². The van der Waals surface area contributed by atoms with Crippen LogP contribution in [0.2, 0.25) is 0 Å². The van der Waals surface area contributed by atoms with Crippen LogP contribution in [0, 0.1) is 0 Å². The van der Waals surface area contributed by atoms with Crippen LogP contribution in [0.3, 0.4) is 0 Å². The van der Waals surface area contributed by atoms with E-state index in [1.807, 2.05) is 47.4 Å². The summed E-state index contributed by atoms with van der Waals surface area (Å²) in [6.07, 6.45) is 1.82. The lowest BCUT2D eigenvalue weighted by Gasteiger charge is -2.34. The highest BCUT2D eigenvalue weighted by Crippen LogP contribution is 2.28. The van der Waals surface area contributed by atoms with Crippen LogP contribution in [0.15, 0.2) is 54.6 Å². The first-order chi connectivity index (χ1) is 16.7. The second-order valence-electron chi connectivity index (χ2n) is 8.74. The Morgan fingerprint density at radius 3 is 2.47 bits per heavy atom. The number of carbonyl (C=O) groups is 1. The van der Waals surface area contributed by atoms with E-state index in [1.165, 1.54) is 0 Å². The molecule has 5 rings (SSSR count). The summed E-state index contributed by atoms with van der Waals surface area (Å²) in [6, 6.07) is 18.0. The summed E-state index contributed by atoms with van der Waals surface area (Å²) in [4.78, 5) is 27.3. The molecule has 176 valence electrons. The molecule has 3 aromatic rings. The fourth-order valence-corrected chi connectivity index (χ4v) is 4.58. The molecule has 7 nitrogen and oxygen atoms in total. The van der Waals surface area contributed by atoms with Crippen molar-refractivity contribution in [3.63, 3.8) is 0 Å². The van der Waals surface area contributed by atoms with Crippen molar-refractivity contribution < 1.29 is 14.3 Å². The third-order valence-corrected chi connectivity index (χ3v) is 6.47. The molecule has 1 amide bonds. The molecule has 1 saturated heterocycles. The van der Waals surface area contributed by atoms with Gasteiger partial charge < -0.3 is 19.3 Å². The molecule has 2 aliphatic heterocycles. The van der Waals surface area contributed by atoms with Gasteiger partial charge in [0.15, 0.2) is 0 Å². The van der Waals surface area contributed by atoms with E-state index < -0.39 is 0 Å². The van der Waals surface area contributed by atoms with Crippen LogP contribution in [0.1, 0.15) is 28.2 Å². The Bertz CT molecular complexity index is 1130. The van der Waals surface area contributed by atoms with Gasteiger partial charge in [0, 0.05) is 38.0 Å². The van der Waals surface area contributed by atoms with Crippen molar-refractivity contribution >= 4 is 11.7 Å². The lowest BCUT2D eigenvalue weighted by Crippen LogP contribution is -2.41. The number of morpholine rings is 1. The number of amides is 1. The Morgan fingerprint density at radius 1 is 0.971 bits per heavy atom. The topological polar surface area (TPSA) is 67.8 Å². The Balaban J connectivity index is 1.40. The molecule has 0 radical (unpaired) electrons.